The third-order valence-electron chi connectivity index (χ3n) is 14.1. The number of carboxylic acids is 2. The quantitative estimate of drug-likeness (QED) is 0.0218. The number of cyclic esters (lactones) is 2. The van der Waals surface area contributed by atoms with Gasteiger partial charge < -0.3 is 51.6 Å². The van der Waals surface area contributed by atoms with E-state index in [1.54, 1.807) is 6.92 Å². The summed E-state index contributed by atoms with van der Waals surface area (Å²) in [6, 6.07) is 29.5. The summed E-state index contributed by atoms with van der Waals surface area (Å²) < 4.78 is 19.8. The van der Waals surface area contributed by atoms with Crippen molar-refractivity contribution >= 4 is 42.2 Å². The van der Waals surface area contributed by atoms with Crippen LogP contribution in [0, 0.1) is 67.6 Å². The molecule has 3 aromatic carbocycles. The Morgan fingerprint density at radius 1 is 0.604 bits per heavy atom. The molecule has 3 aromatic rings. The Kier molecular flexibility index (Phi) is 54.7. The molecule has 0 aliphatic carbocycles. The number of hydrogen-bond acceptors (Lipinski definition) is 13. The Morgan fingerprint density at radius 2 is 1.04 bits per heavy atom. The Balaban J connectivity index is 0. The molecule has 4 saturated heterocycles. The van der Waals surface area contributed by atoms with Crippen molar-refractivity contribution < 1.29 is 86.7 Å². The van der Waals surface area contributed by atoms with Crippen LogP contribution in [0.15, 0.2) is 91.0 Å². The fourth-order valence-corrected chi connectivity index (χ4v) is 9.00. The second-order valence-electron chi connectivity index (χ2n) is 21.7. The molecule has 4 heterocycles. The van der Waals surface area contributed by atoms with Crippen molar-refractivity contribution in [1.29, 1.82) is 0 Å². The number of aliphatic carboxylic acids is 2. The second kappa shape index (κ2) is 57.9. The van der Waals surface area contributed by atoms with E-state index in [1.165, 1.54) is 28.2 Å². The van der Waals surface area contributed by atoms with E-state index in [1.807, 2.05) is 92.1 Å². The summed E-state index contributed by atoms with van der Waals surface area (Å²) in [5, 5.41) is 25.2. The van der Waals surface area contributed by atoms with Crippen LogP contribution in [0.1, 0.15) is 185 Å². The molecule has 91 heavy (non-hydrogen) atoms. The third kappa shape index (κ3) is 44.1. The molecule has 7 rings (SSSR count). The number of carboxylic acid groups (broad SMARTS) is 2. The summed E-state index contributed by atoms with van der Waals surface area (Å²) in [5.41, 5.74) is 3.48. The molecule has 0 saturated carbocycles. The van der Waals surface area contributed by atoms with Crippen LogP contribution in [0.2, 0.25) is 0 Å². The molecule has 494 valence electrons. The van der Waals surface area contributed by atoms with Crippen LogP contribution < -0.4 is 25.0 Å². The molecule has 0 spiro atoms. The van der Waals surface area contributed by atoms with Crippen molar-refractivity contribution in [3.63, 3.8) is 0 Å². The number of ether oxygens (including phenoxy) is 4. The van der Waals surface area contributed by atoms with Gasteiger partial charge in [0, 0.05) is 70.7 Å². The fraction of sp³-hybridized carbons (Fsp3) is 0.534. The van der Waals surface area contributed by atoms with Gasteiger partial charge in [0.1, 0.15) is 13.2 Å². The number of hydrogen-bond donors (Lipinski definition) is 4. The Bertz CT molecular complexity index is 2560. The van der Waals surface area contributed by atoms with Crippen LogP contribution in [-0.2, 0) is 62.2 Å². The van der Waals surface area contributed by atoms with Gasteiger partial charge in [0.05, 0.1) is 18.0 Å². The largest absolute Gasteiger partial charge is 1.00 e. The average Bonchev–Trinajstić information content (AvgIpc) is 1.83. The maximum Gasteiger partial charge on any atom is 1.00 e. The number of terminal acetylenes is 4. The van der Waals surface area contributed by atoms with Crippen molar-refractivity contribution in [2.45, 2.75) is 206 Å². The number of imide groups is 2. The molecule has 1 unspecified atom stereocenters. The fourth-order valence-electron chi connectivity index (χ4n) is 9.00. The minimum absolute atomic E-state index is 0. The first-order chi connectivity index (χ1) is 43.1. The first-order valence-electron chi connectivity index (χ1n) is 31.5. The van der Waals surface area contributed by atoms with Gasteiger partial charge in [-0.1, -0.05) is 136 Å². The zero-order valence-electron chi connectivity index (χ0n) is 54.5. The van der Waals surface area contributed by atoms with Crippen LogP contribution in [-0.4, -0.2) is 119 Å². The van der Waals surface area contributed by atoms with Gasteiger partial charge >= 0.3 is 43.0 Å². The van der Waals surface area contributed by atoms with Crippen LogP contribution in [0.25, 0.3) is 0 Å². The minimum atomic E-state index is -0.722. The van der Waals surface area contributed by atoms with Crippen LogP contribution >= 0.6 is 0 Å². The molecule has 18 heteroatoms. The third-order valence-corrected chi connectivity index (χ3v) is 14.1. The van der Waals surface area contributed by atoms with Gasteiger partial charge in [-0.15, -0.1) is 49.4 Å². The van der Waals surface area contributed by atoms with E-state index in [-0.39, 0.29) is 80.4 Å². The maximum absolute atomic E-state index is 12.6. The number of carbonyl (C=O) groups excluding carboxylic acids is 5. The Morgan fingerprint density at radius 3 is 1.44 bits per heavy atom. The summed E-state index contributed by atoms with van der Waals surface area (Å²) in [6.07, 6.45) is 44.8. The van der Waals surface area contributed by atoms with Crippen LogP contribution in [0.5, 0.6) is 0 Å². The molecule has 17 nitrogen and oxygen atoms in total. The first kappa shape index (κ1) is 85.9. The summed E-state index contributed by atoms with van der Waals surface area (Å²) in [6.45, 7) is 6.86. The molecule has 5 atom stereocenters. The van der Waals surface area contributed by atoms with Crippen molar-refractivity contribution in [3.8, 4) is 49.4 Å². The summed E-state index contributed by atoms with van der Waals surface area (Å²) in [7, 11) is 0. The number of aliphatic hydroxyl groups is 1. The molecule has 4 aliphatic heterocycles. The Hall–Kier alpha value is -7.17. The second-order valence-corrected chi connectivity index (χ2v) is 21.7. The van der Waals surface area contributed by atoms with Crippen LogP contribution in [0.4, 0.5) is 9.59 Å². The Labute approximate surface area is 556 Å². The molecule has 6 N–H and O–H groups in total. The molecule has 0 radical (unpaired) electrons. The SMILES string of the molecule is C#CCCCCCC(=O)N1C(=O)OC[C@H]1Cc1ccccc1.C#CCCCCCC(=O)O.C#CCCCC[C@@H](C)C(=O)N1C(=O)OC[C@H]1Cc1ccccc1.C#CCCCC[C@@H](C)C(=O)O.C1CCOC1.N.O=[C-]CC[CH-]Cc1ccccc1.OC1CCCO1.[Li+]. The van der Waals surface area contributed by atoms with Gasteiger partial charge in [-0.05, 0) is 94.6 Å². The van der Waals surface area contributed by atoms with Crippen molar-refractivity contribution in [1.82, 2.24) is 16.0 Å². The van der Waals surface area contributed by atoms with Crippen molar-refractivity contribution in [2.75, 3.05) is 33.0 Å². The van der Waals surface area contributed by atoms with Gasteiger partial charge in [-0.25, -0.2) is 25.8 Å². The van der Waals surface area contributed by atoms with E-state index >= 15 is 0 Å². The number of rotatable bonds is 29. The first-order valence-corrected chi connectivity index (χ1v) is 31.5. The topological polar surface area (TPSA) is 259 Å². The van der Waals surface area contributed by atoms with E-state index in [4.69, 9.17) is 60.0 Å². The van der Waals surface area contributed by atoms with E-state index in [2.05, 4.69) is 42.2 Å². The number of amides is 4. The number of unbranched alkanes of at least 4 members (excludes halogenated alkanes) is 12. The standard InChI is InChI=1S/C19H23NO3.C18H21NO3.C11H12O.C9H14O2.C8H12O2.C4H8O2.C4H8O.Li.H3N/c1-3-4-5-7-10-15(2)18(21)20-17(14-23-19(20)22)13-16-11-8-6-9-12-16;1-2-3-4-5-9-12-17(20)19-16(14-22-18(19)21)13-15-10-7-6-8-11-15;12-10-6-2-5-9-11-7-3-1-4-8-11;1-3-4-5-6-7-8(2)9(10)11;1-2-3-4-5-6-7-8(9)10;5-4-2-1-3-6-4;1-2-4-5-3-1;;/h1,6,8-9,11-12,15,17H,4-5,7,10,13-14H2,2H3;1,6-8,10-11,16H,3-5,9,12-14H2;1,3-5,7-8H,2,6,9H2;1,8H,4-7H2,2H3,(H,10,11);1H,3-7H2,(H,9,10);4-5H,1-3H2;1-4H2;;1H3/q;;-2;;;;;+1;/t15-,17-;16-;;8-;;;;;/m11.1...../s1. The van der Waals surface area contributed by atoms with Crippen LogP contribution in [0.3, 0.4) is 0 Å². The average molecular weight is 1250 g/mol. The zero-order valence-corrected chi connectivity index (χ0v) is 54.5. The summed E-state index contributed by atoms with van der Waals surface area (Å²) >= 11 is 0. The van der Waals surface area contributed by atoms with Crippen molar-refractivity contribution in [2.24, 2.45) is 11.8 Å². The molecule has 0 aromatic heterocycles. The summed E-state index contributed by atoms with van der Waals surface area (Å²) in [5.74, 6) is 8.05. The van der Waals surface area contributed by atoms with E-state index < -0.39 is 30.4 Å². The number of carbonyl (C=O) groups is 6. The predicted molar refractivity (Wildman–Crippen MR) is 352 cm³/mol. The number of aliphatic hydroxyl groups excluding tert-OH is 1. The molecule has 4 amide bonds. The summed E-state index contributed by atoms with van der Waals surface area (Å²) in [4.78, 5) is 81.4. The molecular formula is C73H101LiN3O14-. The predicted octanol–water partition coefficient (Wildman–Crippen LogP) is 10.5. The van der Waals surface area contributed by atoms with Gasteiger partial charge in [0.25, 0.3) is 0 Å². The monoisotopic (exact) mass is 1250 g/mol. The van der Waals surface area contributed by atoms with Gasteiger partial charge in [-0.2, -0.15) is 12.8 Å². The van der Waals surface area contributed by atoms with E-state index in [9.17, 15) is 33.6 Å². The smallest absolute Gasteiger partial charge is 0.542 e. The number of benzene rings is 3. The van der Waals surface area contributed by atoms with E-state index in [0.29, 0.717) is 25.7 Å². The minimum Gasteiger partial charge on any atom is -0.542 e. The maximum atomic E-state index is 12.6. The molecule has 0 bridgehead atoms. The van der Waals surface area contributed by atoms with Gasteiger partial charge in [0.15, 0.2) is 6.29 Å². The molecule has 4 aliphatic rings. The number of nitrogens with zero attached hydrogens (tertiary/aromatic N) is 2. The van der Waals surface area contributed by atoms with Gasteiger partial charge in [0.2, 0.25) is 11.8 Å². The zero-order chi connectivity index (χ0) is 65.5. The molecule has 4 fully saturated rings. The van der Waals surface area contributed by atoms with Gasteiger partial charge in [-0.3, -0.25) is 25.5 Å². The normalized spacial score (nSPS) is 16.1. The van der Waals surface area contributed by atoms with Crippen molar-refractivity contribution in [3.05, 3.63) is 114 Å². The molecular weight excluding hydrogens is 1150 g/mol. The van der Waals surface area contributed by atoms with E-state index in [0.717, 1.165) is 159 Å².